The predicted molar refractivity (Wildman–Crippen MR) is 90.1 cm³/mol. The van der Waals surface area contributed by atoms with Gasteiger partial charge >= 0.3 is 6.03 Å². The second kappa shape index (κ2) is 7.21. The van der Waals surface area contributed by atoms with Crippen molar-refractivity contribution >= 4 is 6.03 Å². The summed E-state index contributed by atoms with van der Waals surface area (Å²) in [6.07, 6.45) is 3.44. The molecule has 1 aromatic heterocycles. The fourth-order valence-corrected chi connectivity index (χ4v) is 2.56. The number of aromatic nitrogens is 1. The number of nitrogens with one attached hydrogen (secondary N) is 1. The Balaban J connectivity index is 1.60. The number of hydrogen-bond acceptors (Lipinski definition) is 4. The van der Waals surface area contributed by atoms with Crippen LogP contribution in [0.25, 0.3) is 0 Å². The third kappa shape index (κ3) is 3.76. The summed E-state index contributed by atoms with van der Waals surface area (Å²) in [5.41, 5.74) is 2.01. The molecule has 6 heteroatoms. The summed E-state index contributed by atoms with van der Waals surface area (Å²) in [5, 5.41) is 2.98. The van der Waals surface area contributed by atoms with Crippen molar-refractivity contribution < 1.29 is 14.3 Å². The van der Waals surface area contributed by atoms with E-state index < -0.39 is 0 Å². The van der Waals surface area contributed by atoms with Gasteiger partial charge in [-0.05, 0) is 42.3 Å². The summed E-state index contributed by atoms with van der Waals surface area (Å²) in [5.74, 6) is 1.49. The highest BCUT2D eigenvalue weighted by Crippen LogP contribution is 2.31. The first-order valence-corrected chi connectivity index (χ1v) is 7.93. The van der Waals surface area contributed by atoms with Crippen LogP contribution in [0.5, 0.6) is 11.5 Å². The van der Waals surface area contributed by atoms with Crippen LogP contribution in [0.4, 0.5) is 4.79 Å². The number of nitrogens with zero attached hydrogens (tertiary/aromatic N) is 2. The number of urea groups is 1. The van der Waals surface area contributed by atoms with Crippen molar-refractivity contribution in [2.45, 2.75) is 19.5 Å². The molecule has 0 saturated heterocycles. The predicted octanol–water partition coefficient (Wildman–Crippen LogP) is 2.76. The number of fused-ring (bicyclic) bond motifs is 1. The second-order valence-electron chi connectivity index (χ2n) is 5.79. The molecule has 0 saturated carbocycles. The molecule has 0 spiro atoms. The summed E-state index contributed by atoms with van der Waals surface area (Å²) in [7, 11) is 1.77. The van der Waals surface area contributed by atoms with E-state index in [4.69, 9.17) is 9.47 Å². The van der Waals surface area contributed by atoms with E-state index in [2.05, 4.69) is 10.3 Å². The maximum atomic E-state index is 12.4. The molecule has 6 nitrogen and oxygen atoms in total. The Labute approximate surface area is 141 Å². The van der Waals surface area contributed by atoms with Crippen molar-refractivity contribution in [3.8, 4) is 11.5 Å². The van der Waals surface area contributed by atoms with Crippen molar-refractivity contribution in [1.82, 2.24) is 15.2 Å². The van der Waals surface area contributed by atoms with Gasteiger partial charge in [0.25, 0.3) is 0 Å². The number of carbonyl (C=O) groups is 1. The fraction of sp³-hybridized carbons (Fsp3) is 0.333. The molecule has 1 aliphatic heterocycles. The highest BCUT2D eigenvalue weighted by molar-refractivity contribution is 5.74. The lowest BCUT2D eigenvalue weighted by molar-refractivity contribution is 0.171. The first-order valence-electron chi connectivity index (χ1n) is 7.93. The van der Waals surface area contributed by atoms with Crippen LogP contribution < -0.4 is 14.8 Å². The summed E-state index contributed by atoms with van der Waals surface area (Å²) < 4.78 is 11.1. The van der Waals surface area contributed by atoms with Crippen LogP contribution >= 0.6 is 0 Å². The molecule has 1 aromatic carbocycles. The van der Waals surface area contributed by atoms with Crippen molar-refractivity contribution in [2.75, 3.05) is 20.3 Å². The van der Waals surface area contributed by atoms with E-state index in [1.54, 1.807) is 24.3 Å². The largest absolute Gasteiger partial charge is 0.486 e. The van der Waals surface area contributed by atoms with Crippen molar-refractivity contribution in [3.63, 3.8) is 0 Å². The smallest absolute Gasteiger partial charge is 0.317 e. The van der Waals surface area contributed by atoms with Crippen molar-refractivity contribution in [1.29, 1.82) is 0 Å². The molecule has 0 aliphatic carbocycles. The van der Waals surface area contributed by atoms with E-state index >= 15 is 0 Å². The van der Waals surface area contributed by atoms with Crippen LogP contribution in [-0.2, 0) is 6.54 Å². The Bertz CT molecular complexity index is 706. The van der Waals surface area contributed by atoms with Crippen LogP contribution in [0.1, 0.15) is 24.1 Å². The van der Waals surface area contributed by atoms with Crippen molar-refractivity contribution in [2.24, 2.45) is 0 Å². The van der Waals surface area contributed by atoms with Gasteiger partial charge in [0.15, 0.2) is 11.5 Å². The molecule has 24 heavy (non-hydrogen) atoms. The minimum atomic E-state index is -0.130. The Kier molecular flexibility index (Phi) is 4.84. The zero-order chi connectivity index (χ0) is 16.9. The van der Waals surface area contributed by atoms with E-state index in [-0.39, 0.29) is 12.1 Å². The normalized spacial score (nSPS) is 13.9. The first kappa shape index (κ1) is 16.1. The number of rotatable bonds is 4. The zero-order valence-electron chi connectivity index (χ0n) is 13.9. The quantitative estimate of drug-likeness (QED) is 0.938. The van der Waals surface area contributed by atoms with Crippen LogP contribution in [-0.4, -0.2) is 36.2 Å². The molecule has 2 amide bonds. The van der Waals surface area contributed by atoms with Gasteiger partial charge in [-0.25, -0.2) is 4.79 Å². The molecule has 1 atom stereocenters. The van der Waals surface area contributed by atoms with Crippen LogP contribution in [0.2, 0.25) is 0 Å². The summed E-state index contributed by atoms with van der Waals surface area (Å²) >= 11 is 0. The maximum absolute atomic E-state index is 12.4. The molecule has 1 unspecified atom stereocenters. The highest BCUT2D eigenvalue weighted by atomic mass is 16.6. The molecular formula is C18H21N3O3. The van der Waals surface area contributed by atoms with Crippen molar-refractivity contribution in [3.05, 3.63) is 53.9 Å². The minimum absolute atomic E-state index is 0.0804. The Hall–Kier alpha value is -2.76. The molecule has 126 valence electrons. The highest BCUT2D eigenvalue weighted by Gasteiger charge is 2.16. The first-order chi connectivity index (χ1) is 11.6. The van der Waals surface area contributed by atoms with E-state index in [0.29, 0.717) is 19.8 Å². The number of amides is 2. The van der Waals surface area contributed by atoms with E-state index in [1.165, 1.54) is 0 Å². The van der Waals surface area contributed by atoms with Gasteiger partial charge in [-0.1, -0.05) is 6.07 Å². The van der Waals surface area contributed by atoms with Crippen LogP contribution in [0, 0.1) is 0 Å². The summed E-state index contributed by atoms with van der Waals surface area (Å²) in [4.78, 5) is 18.0. The molecular weight excluding hydrogens is 306 g/mol. The monoisotopic (exact) mass is 327 g/mol. The third-order valence-corrected chi connectivity index (χ3v) is 3.92. The average molecular weight is 327 g/mol. The van der Waals surface area contributed by atoms with Gasteiger partial charge < -0.3 is 19.7 Å². The molecule has 2 aromatic rings. The number of pyridine rings is 1. The average Bonchev–Trinajstić information content (AvgIpc) is 2.62. The number of carbonyl (C=O) groups excluding carboxylic acids is 1. The fourth-order valence-electron chi connectivity index (χ4n) is 2.56. The lowest BCUT2D eigenvalue weighted by Crippen LogP contribution is -2.38. The zero-order valence-corrected chi connectivity index (χ0v) is 13.9. The number of benzene rings is 1. The van der Waals surface area contributed by atoms with Crippen LogP contribution in [0.15, 0.2) is 42.7 Å². The van der Waals surface area contributed by atoms with E-state index in [9.17, 15) is 4.79 Å². The van der Waals surface area contributed by atoms with Gasteiger partial charge in [-0.3, -0.25) is 4.98 Å². The summed E-state index contributed by atoms with van der Waals surface area (Å²) in [6, 6.07) is 9.33. The van der Waals surface area contributed by atoms with Crippen LogP contribution in [0.3, 0.4) is 0 Å². The molecule has 0 radical (unpaired) electrons. The standard InChI is InChI=1S/C18H21N3O3/c1-13(15-5-7-19-8-6-15)20-18(22)21(2)12-14-3-4-16-17(11-14)24-10-9-23-16/h3-8,11,13H,9-10,12H2,1-2H3,(H,20,22). The summed E-state index contributed by atoms with van der Waals surface area (Å²) in [6.45, 7) is 3.56. The van der Waals surface area contributed by atoms with Gasteiger partial charge in [0.2, 0.25) is 0 Å². The van der Waals surface area contributed by atoms with E-state index in [0.717, 1.165) is 22.6 Å². The van der Waals surface area contributed by atoms with Gasteiger partial charge in [0, 0.05) is 26.0 Å². The molecule has 1 N–H and O–H groups in total. The Morgan fingerprint density at radius 3 is 2.67 bits per heavy atom. The molecule has 3 rings (SSSR count). The third-order valence-electron chi connectivity index (χ3n) is 3.92. The van der Waals surface area contributed by atoms with E-state index in [1.807, 2.05) is 37.3 Å². The van der Waals surface area contributed by atoms with Gasteiger partial charge in [-0.2, -0.15) is 0 Å². The minimum Gasteiger partial charge on any atom is -0.486 e. The Morgan fingerprint density at radius 1 is 1.21 bits per heavy atom. The molecule has 2 heterocycles. The SMILES string of the molecule is CC(NC(=O)N(C)Cc1ccc2c(c1)OCCO2)c1ccncc1. The number of hydrogen-bond donors (Lipinski definition) is 1. The second-order valence-corrected chi connectivity index (χ2v) is 5.79. The lowest BCUT2D eigenvalue weighted by Gasteiger charge is -2.23. The molecule has 1 aliphatic rings. The lowest BCUT2D eigenvalue weighted by atomic mass is 10.1. The Morgan fingerprint density at radius 2 is 1.92 bits per heavy atom. The van der Waals surface area contributed by atoms with Gasteiger partial charge in [-0.15, -0.1) is 0 Å². The number of ether oxygens (including phenoxy) is 2. The maximum Gasteiger partial charge on any atom is 0.317 e. The topological polar surface area (TPSA) is 63.7 Å². The molecule has 0 fully saturated rings. The van der Waals surface area contributed by atoms with Gasteiger partial charge in [0.1, 0.15) is 13.2 Å². The molecule has 0 bridgehead atoms. The van der Waals surface area contributed by atoms with Gasteiger partial charge in [0.05, 0.1) is 6.04 Å².